The molecule has 0 bridgehead atoms. The van der Waals surface area contributed by atoms with Gasteiger partial charge in [-0.25, -0.2) is 10.2 Å². The highest BCUT2D eigenvalue weighted by atomic mass is 16.2. The molecule has 1 heterocycles. The summed E-state index contributed by atoms with van der Waals surface area (Å²) >= 11 is 0. The highest BCUT2D eigenvalue weighted by Crippen LogP contribution is 1.89. The van der Waals surface area contributed by atoms with Crippen molar-refractivity contribution in [2.24, 2.45) is 10.8 Å². The number of rotatable bonds is 2. The van der Waals surface area contributed by atoms with Crippen LogP contribution in [-0.2, 0) is 0 Å². The Morgan fingerprint density at radius 2 is 2.58 bits per heavy atom. The lowest BCUT2D eigenvalue weighted by atomic mass is 10.3. The molecule has 0 saturated carbocycles. The minimum absolute atomic E-state index is 0.685. The summed E-state index contributed by atoms with van der Waals surface area (Å²) < 4.78 is 0. The largest absolute Gasteiger partial charge is 0.350 e. The molecule has 0 fully saturated rings. The maximum atomic E-state index is 10.2. The number of carbonyl (C=O) groups is 1. The van der Waals surface area contributed by atoms with E-state index in [0.29, 0.717) is 0 Å². The van der Waals surface area contributed by atoms with E-state index in [0.717, 1.165) is 5.56 Å². The van der Waals surface area contributed by atoms with E-state index in [1.165, 1.54) is 6.21 Å². The zero-order valence-corrected chi connectivity index (χ0v) is 6.27. The Kier molecular flexibility index (Phi) is 2.78. The molecule has 3 N–H and O–H groups in total. The van der Waals surface area contributed by atoms with E-state index in [4.69, 9.17) is 5.73 Å². The van der Waals surface area contributed by atoms with Crippen LogP contribution in [0.4, 0.5) is 4.79 Å². The van der Waals surface area contributed by atoms with Gasteiger partial charge in [0.05, 0.1) is 6.21 Å². The topological polar surface area (TPSA) is 80.4 Å². The standard InChI is InChI=1S/C7H8N4O/c8-7(12)11-10-5-6-2-1-3-9-4-6/h1-5H,(H3,8,11,12)/b10-5-. The molecule has 0 aliphatic heterocycles. The highest BCUT2D eigenvalue weighted by Gasteiger charge is 1.85. The van der Waals surface area contributed by atoms with Crippen molar-refractivity contribution in [1.82, 2.24) is 10.4 Å². The first-order valence-corrected chi connectivity index (χ1v) is 3.27. The Balaban J connectivity index is 2.52. The maximum absolute atomic E-state index is 10.2. The molecule has 0 aliphatic carbocycles. The zero-order valence-electron chi connectivity index (χ0n) is 6.27. The Bertz CT molecular complexity index is 283. The summed E-state index contributed by atoms with van der Waals surface area (Å²) in [6.07, 6.45) is 4.72. The van der Waals surface area contributed by atoms with Crippen LogP contribution in [0.25, 0.3) is 0 Å². The fraction of sp³-hybridized carbons (Fsp3) is 0. The fourth-order valence-corrected chi connectivity index (χ4v) is 0.623. The van der Waals surface area contributed by atoms with Crippen molar-refractivity contribution in [3.8, 4) is 0 Å². The molecule has 2 amide bonds. The van der Waals surface area contributed by atoms with Crippen molar-refractivity contribution in [2.45, 2.75) is 0 Å². The number of primary amides is 1. The van der Waals surface area contributed by atoms with Gasteiger partial charge in [0.2, 0.25) is 0 Å². The minimum atomic E-state index is -0.685. The lowest BCUT2D eigenvalue weighted by Crippen LogP contribution is -2.24. The van der Waals surface area contributed by atoms with Crippen LogP contribution in [0.15, 0.2) is 29.6 Å². The van der Waals surface area contributed by atoms with Crippen molar-refractivity contribution < 1.29 is 4.79 Å². The Labute approximate surface area is 69.3 Å². The summed E-state index contributed by atoms with van der Waals surface area (Å²) in [5.74, 6) is 0. The normalized spacial score (nSPS) is 10.0. The molecular formula is C7H8N4O. The van der Waals surface area contributed by atoms with Gasteiger partial charge in [-0.3, -0.25) is 4.98 Å². The van der Waals surface area contributed by atoms with E-state index in [-0.39, 0.29) is 0 Å². The number of nitrogens with zero attached hydrogens (tertiary/aromatic N) is 2. The second-order valence-corrected chi connectivity index (χ2v) is 2.02. The number of amides is 2. The maximum Gasteiger partial charge on any atom is 0.332 e. The van der Waals surface area contributed by atoms with Crippen LogP contribution in [0.5, 0.6) is 0 Å². The van der Waals surface area contributed by atoms with E-state index in [1.807, 2.05) is 0 Å². The van der Waals surface area contributed by atoms with Crippen LogP contribution in [0.3, 0.4) is 0 Å². The van der Waals surface area contributed by atoms with Crippen LogP contribution in [0.2, 0.25) is 0 Å². The molecule has 5 nitrogen and oxygen atoms in total. The van der Waals surface area contributed by atoms with Crippen molar-refractivity contribution in [1.29, 1.82) is 0 Å². The third kappa shape index (κ3) is 2.78. The smallest absolute Gasteiger partial charge is 0.332 e. The second kappa shape index (κ2) is 4.07. The van der Waals surface area contributed by atoms with Gasteiger partial charge in [0, 0.05) is 18.0 Å². The van der Waals surface area contributed by atoms with Gasteiger partial charge < -0.3 is 5.73 Å². The summed E-state index contributed by atoms with van der Waals surface area (Å²) in [6, 6.07) is 2.89. The van der Waals surface area contributed by atoms with Crippen LogP contribution in [-0.4, -0.2) is 17.2 Å². The van der Waals surface area contributed by atoms with E-state index in [2.05, 4.69) is 15.5 Å². The first-order valence-electron chi connectivity index (χ1n) is 3.27. The molecule has 12 heavy (non-hydrogen) atoms. The molecule has 0 aromatic carbocycles. The SMILES string of the molecule is NC(=O)N/N=C\c1cccnc1. The number of urea groups is 1. The van der Waals surface area contributed by atoms with Crippen molar-refractivity contribution in [2.75, 3.05) is 0 Å². The molecule has 1 rings (SSSR count). The second-order valence-electron chi connectivity index (χ2n) is 2.02. The van der Waals surface area contributed by atoms with Crippen molar-refractivity contribution in [3.63, 3.8) is 0 Å². The lowest BCUT2D eigenvalue weighted by molar-refractivity contribution is 0.249. The molecular weight excluding hydrogens is 156 g/mol. The average Bonchev–Trinajstić information content (AvgIpc) is 2.05. The van der Waals surface area contributed by atoms with E-state index in [1.54, 1.807) is 24.5 Å². The number of aromatic nitrogens is 1. The van der Waals surface area contributed by atoms with Gasteiger partial charge in [0.15, 0.2) is 0 Å². The first kappa shape index (κ1) is 8.19. The van der Waals surface area contributed by atoms with Gasteiger partial charge in [0.1, 0.15) is 0 Å². The van der Waals surface area contributed by atoms with Gasteiger partial charge in [0.25, 0.3) is 0 Å². The van der Waals surface area contributed by atoms with E-state index >= 15 is 0 Å². The van der Waals surface area contributed by atoms with Gasteiger partial charge in [-0.05, 0) is 6.07 Å². The first-order chi connectivity index (χ1) is 5.79. The molecule has 62 valence electrons. The minimum Gasteiger partial charge on any atom is -0.350 e. The summed E-state index contributed by atoms with van der Waals surface area (Å²) in [7, 11) is 0. The zero-order chi connectivity index (χ0) is 8.81. The molecule has 0 aliphatic rings. The van der Waals surface area contributed by atoms with E-state index < -0.39 is 6.03 Å². The number of hydrazone groups is 1. The third-order valence-corrected chi connectivity index (χ3v) is 1.07. The van der Waals surface area contributed by atoms with Crippen molar-refractivity contribution >= 4 is 12.2 Å². The molecule has 0 spiro atoms. The number of carbonyl (C=O) groups excluding carboxylic acids is 1. The third-order valence-electron chi connectivity index (χ3n) is 1.07. The molecule has 0 unspecified atom stereocenters. The lowest BCUT2D eigenvalue weighted by Gasteiger charge is -1.90. The van der Waals surface area contributed by atoms with Gasteiger partial charge in [-0.1, -0.05) is 6.07 Å². The molecule has 0 saturated heterocycles. The predicted octanol–water partition coefficient (Wildman–Crippen LogP) is 0.0838. The Hall–Kier alpha value is -1.91. The van der Waals surface area contributed by atoms with E-state index in [9.17, 15) is 4.79 Å². The summed E-state index contributed by atoms with van der Waals surface area (Å²) in [4.78, 5) is 14.0. The number of hydrogen-bond acceptors (Lipinski definition) is 3. The molecule has 1 aromatic rings. The summed E-state index contributed by atoms with van der Waals surface area (Å²) in [6.45, 7) is 0. The highest BCUT2D eigenvalue weighted by molar-refractivity contribution is 5.80. The van der Waals surface area contributed by atoms with Crippen LogP contribution in [0, 0.1) is 0 Å². The number of pyridine rings is 1. The Morgan fingerprint density at radius 1 is 1.75 bits per heavy atom. The quantitative estimate of drug-likeness (QED) is 0.479. The molecule has 1 aromatic heterocycles. The summed E-state index contributed by atoms with van der Waals surface area (Å²) in [5.41, 5.74) is 7.65. The van der Waals surface area contributed by atoms with Crippen LogP contribution >= 0.6 is 0 Å². The van der Waals surface area contributed by atoms with Crippen LogP contribution in [0.1, 0.15) is 5.56 Å². The predicted molar refractivity (Wildman–Crippen MR) is 44.6 cm³/mol. The average molecular weight is 164 g/mol. The molecule has 0 atom stereocenters. The van der Waals surface area contributed by atoms with Gasteiger partial charge in [-0.2, -0.15) is 5.10 Å². The van der Waals surface area contributed by atoms with Crippen molar-refractivity contribution in [3.05, 3.63) is 30.1 Å². The molecule has 5 heteroatoms. The van der Waals surface area contributed by atoms with Gasteiger partial charge >= 0.3 is 6.03 Å². The Morgan fingerprint density at radius 3 is 3.17 bits per heavy atom. The van der Waals surface area contributed by atoms with Crippen LogP contribution < -0.4 is 11.2 Å². The number of nitrogens with one attached hydrogen (secondary N) is 1. The molecule has 0 radical (unpaired) electrons. The fourth-order valence-electron chi connectivity index (χ4n) is 0.623. The monoisotopic (exact) mass is 164 g/mol. The summed E-state index contributed by atoms with van der Waals surface area (Å²) in [5, 5.41) is 3.55. The number of hydrogen-bond donors (Lipinski definition) is 2. The van der Waals surface area contributed by atoms with Gasteiger partial charge in [-0.15, -0.1) is 0 Å². The number of nitrogens with two attached hydrogens (primary N) is 1.